The predicted molar refractivity (Wildman–Crippen MR) is 95.9 cm³/mol. The summed E-state index contributed by atoms with van der Waals surface area (Å²) < 4.78 is 6.45. The number of fused-ring (bicyclic) bond motifs is 1. The SMILES string of the molecule is COc1ccc2ncc(C#N)c(CC[N+]3(C)C(C)CCC3C)c2c1. The number of nitriles is 1. The highest BCUT2D eigenvalue weighted by atomic mass is 16.5. The molecule has 0 aliphatic carbocycles. The summed E-state index contributed by atoms with van der Waals surface area (Å²) in [4.78, 5) is 4.43. The fraction of sp³-hybridized carbons (Fsp3) is 0.500. The smallest absolute Gasteiger partial charge is 0.119 e. The van der Waals surface area contributed by atoms with Crippen LogP contribution in [0.3, 0.4) is 0 Å². The summed E-state index contributed by atoms with van der Waals surface area (Å²) in [7, 11) is 4.03. The molecule has 1 aliphatic heterocycles. The lowest BCUT2D eigenvalue weighted by Crippen LogP contribution is -2.52. The van der Waals surface area contributed by atoms with Crippen LogP contribution in [0, 0.1) is 11.3 Å². The Morgan fingerprint density at radius 3 is 2.62 bits per heavy atom. The van der Waals surface area contributed by atoms with Crippen LogP contribution >= 0.6 is 0 Å². The molecular weight excluding hydrogens is 298 g/mol. The summed E-state index contributed by atoms with van der Waals surface area (Å²) in [6, 6.07) is 9.57. The summed E-state index contributed by atoms with van der Waals surface area (Å²) in [5.74, 6) is 0.809. The Bertz CT molecular complexity index is 783. The molecule has 3 rings (SSSR count). The van der Waals surface area contributed by atoms with E-state index in [2.05, 4.69) is 31.9 Å². The molecule has 0 N–H and O–H groups in total. The lowest BCUT2D eigenvalue weighted by molar-refractivity contribution is -0.939. The molecule has 2 unspecified atom stereocenters. The molecule has 0 amide bonds. The van der Waals surface area contributed by atoms with Gasteiger partial charge in [0.05, 0.1) is 43.9 Å². The van der Waals surface area contributed by atoms with Gasteiger partial charge in [-0.2, -0.15) is 5.26 Å². The van der Waals surface area contributed by atoms with Gasteiger partial charge in [-0.1, -0.05) is 0 Å². The van der Waals surface area contributed by atoms with Gasteiger partial charge in [0.1, 0.15) is 11.8 Å². The van der Waals surface area contributed by atoms with Gasteiger partial charge in [0.25, 0.3) is 0 Å². The van der Waals surface area contributed by atoms with Gasteiger partial charge in [-0.15, -0.1) is 0 Å². The van der Waals surface area contributed by atoms with Crippen LogP contribution in [0.1, 0.15) is 37.8 Å². The van der Waals surface area contributed by atoms with Crippen molar-refractivity contribution in [2.75, 3.05) is 20.7 Å². The van der Waals surface area contributed by atoms with E-state index in [1.54, 1.807) is 13.3 Å². The fourth-order valence-corrected chi connectivity index (χ4v) is 4.02. The number of likely N-dealkylation sites (tertiary alicyclic amines) is 1. The maximum absolute atomic E-state index is 9.54. The van der Waals surface area contributed by atoms with E-state index in [0.29, 0.717) is 17.6 Å². The first-order valence-corrected chi connectivity index (χ1v) is 8.70. The Morgan fingerprint density at radius 1 is 1.29 bits per heavy atom. The molecule has 0 saturated carbocycles. The zero-order chi connectivity index (χ0) is 17.3. The largest absolute Gasteiger partial charge is 0.497 e. The summed E-state index contributed by atoms with van der Waals surface area (Å²) in [6.07, 6.45) is 5.17. The predicted octanol–water partition coefficient (Wildman–Crippen LogP) is 3.67. The van der Waals surface area contributed by atoms with Crippen LogP contribution < -0.4 is 4.74 Å². The van der Waals surface area contributed by atoms with Crippen molar-refractivity contribution in [1.29, 1.82) is 5.26 Å². The Morgan fingerprint density at radius 2 is 2.00 bits per heavy atom. The van der Waals surface area contributed by atoms with Crippen LogP contribution in [0.15, 0.2) is 24.4 Å². The maximum Gasteiger partial charge on any atom is 0.119 e. The molecule has 1 fully saturated rings. The van der Waals surface area contributed by atoms with Crippen molar-refractivity contribution in [3.63, 3.8) is 0 Å². The zero-order valence-corrected chi connectivity index (χ0v) is 15.0. The van der Waals surface area contributed by atoms with Gasteiger partial charge >= 0.3 is 0 Å². The molecule has 1 aliphatic rings. The van der Waals surface area contributed by atoms with E-state index in [1.807, 2.05) is 18.2 Å². The van der Waals surface area contributed by atoms with Crippen LogP contribution in [0.4, 0.5) is 0 Å². The van der Waals surface area contributed by atoms with Crippen molar-refractivity contribution in [3.05, 3.63) is 35.5 Å². The van der Waals surface area contributed by atoms with E-state index in [0.717, 1.165) is 39.7 Å². The van der Waals surface area contributed by atoms with Crippen molar-refractivity contribution in [2.24, 2.45) is 0 Å². The highest BCUT2D eigenvalue weighted by Crippen LogP contribution is 2.32. The number of methoxy groups -OCH3 is 1. The monoisotopic (exact) mass is 324 g/mol. The molecule has 1 aromatic heterocycles. The molecule has 1 aromatic carbocycles. The van der Waals surface area contributed by atoms with Gasteiger partial charge in [-0.3, -0.25) is 4.98 Å². The van der Waals surface area contributed by atoms with Crippen molar-refractivity contribution in [1.82, 2.24) is 4.98 Å². The first kappa shape index (κ1) is 16.7. The van der Waals surface area contributed by atoms with Gasteiger partial charge in [0.15, 0.2) is 0 Å². The van der Waals surface area contributed by atoms with Gasteiger partial charge in [-0.05, 0) is 37.6 Å². The van der Waals surface area contributed by atoms with Crippen LogP contribution in [0.5, 0.6) is 5.75 Å². The minimum absolute atomic E-state index is 0.674. The number of nitrogens with zero attached hydrogens (tertiary/aromatic N) is 3. The lowest BCUT2D eigenvalue weighted by atomic mass is 10.00. The van der Waals surface area contributed by atoms with E-state index in [1.165, 1.54) is 12.8 Å². The van der Waals surface area contributed by atoms with Crippen LogP contribution in [0.2, 0.25) is 0 Å². The van der Waals surface area contributed by atoms with E-state index < -0.39 is 0 Å². The average molecular weight is 324 g/mol. The van der Waals surface area contributed by atoms with Crippen molar-refractivity contribution >= 4 is 10.9 Å². The normalized spacial score (nSPS) is 26.5. The molecule has 0 spiro atoms. The Kier molecular flexibility index (Phi) is 4.47. The van der Waals surface area contributed by atoms with Gasteiger partial charge in [-0.25, -0.2) is 0 Å². The second-order valence-corrected chi connectivity index (χ2v) is 7.24. The Balaban J connectivity index is 2.00. The number of benzene rings is 1. The number of hydrogen-bond donors (Lipinski definition) is 0. The number of ether oxygens (including phenoxy) is 1. The highest BCUT2D eigenvalue weighted by molar-refractivity contribution is 5.85. The third-order valence-electron chi connectivity index (χ3n) is 6.17. The Labute approximate surface area is 144 Å². The molecular formula is C20H26N3O+. The molecule has 4 heteroatoms. The molecule has 0 bridgehead atoms. The number of quaternary nitrogens is 1. The molecule has 2 heterocycles. The second kappa shape index (κ2) is 6.41. The molecule has 4 nitrogen and oxygen atoms in total. The van der Waals surface area contributed by atoms with E-state index >= 15 is 0 Å². The first-order chi connectivity index (χ1) is 11.5. The maximum atomic E-state index is 9.54. The third kappa shape index (κ3) is 2.74. The molecule has 0 radical (unpaired) electrons. The summed E-state index contributed by atoms with van der Waals surface area (Å²) in [5.41, 5.74) is 2.71. The summed E-state index contributed by atoms with van der Waals surface area (Å²) >= 11 is 0. The molecule has 2 atom stereocenters. The van der Waals surface area contributed by atoms with E-state index in [4.69, 9.17) is 4.74 Å². The van der Waals surface area contributed by atoms with Crippen LogP contribution in [-0.2, 0) is 6.42 Å². The molecule has 24 heavy (non-hydrogen) atoms. The minimum atomic E-state index is 0.674. The fourth-order valence-electron chi connectivity index (χ4n) is 4.02. The van der Waals surface area contributed by atoms with Crippen molar-refractivity contribution in [2.45, 2.75) is 45.2 Å². The molecule has 2 aromatic rings. The topological polar surface area (TPSA) is 45.9 Å². The van der Waals surface area contributed by atoms with E-state index in [9.17, 15) is 5.26 Å². The molecule has 126 valence electrons. The first-order valence-electron chi connectivity index (χ1n) is 8.70. The standard InChI is InChI=1S/C20H26N3O/c1-14-5-6-15(2)23(14,3)10-9-18-16(12-21)13-22-20-8-7-17(24-4)11-19(18)20/h7-8,11,13-15H,5-6,9-10H2,1-4H3/q+1. The quantitative estimate of drug-likeness (QED) is 0.806. The van der Waals surface area contributed by atoms with Crippen molar-refractivity contribution < 1.29 is 9.22 Å². The number of pyridine rings is 1. The van der Waals surface area contributed by atoms with Crippen LogP contribution in [0.25, 0.3) is 10.9 Å². The second-order valence-electron chi connectivity index (χ2n) is 7.24. The van der Waals surface area contributed by atoms with Gasteiger partial charge in [0, 0.05) is 30.8 Å². The molecule has 1 saturated heterocycles. The average Bonchev–Trinajstić information content (AvgIpc) is 2.86. The number of likely N-dealkylation sites (N-methyl/N-ethyl adjacent to an activating group) is 1. The summed E-state index contributed by atoms with van der Waals surface area (Å²) in [5, 5.41) is 10.6. The number of aromatic nitrogens is 1. The van der Waals surface area contributed by atoms with E-state index in [-0.39, 0.29) is 0 Å². The minimum Gasteiger partial charge on any atom is -0.497 e. The zero-order valence-electron chi connectivity index (χ0n) is 15.0. The number of rotatable bonds is 4. The third-order valence-corrected chi connectivity index (χ3v) is 6.17. The highest BCUT2D eigenvalue weighted by Gasteiger charge is 2.40. The number of hydrogen-bond acceptors (Lipinski definition) is 3. The Hall–Kier alpha value is -2.12. The van der Waals surface area contributed by atoms with Crippen LogP contribution in [-0.4, -0.2) is 42.3 Å². The summed E-state index contributed by atoms with van der Waals surface area (Å²) in [6.45, 7) is 5.75. The lowest BCUT2D eigenvalue weighted by Gasteiger charge is -2.39. The van der Waals surface area contributed by atoms with Gasteiger partial charge in [0.2, 0.25) is 0 Å². The van der Waals surface area contributed by atoms with Crippen molar-refractivity contribution in [3.8, 4) is 11.8 Å². The van der Waals surface area contributed by atoms with Gasteiger partial charge < -0.3 is 9.22 Å².